The lowest BCUT2D eigenvalue weighted by atomic mass is 10.1. The quantitative estimate of drug-likeness (QED) is 0.901. The van der Waals surface area contributed by atoms with E-state index in [-0.39, 0.29) is 18.2 Å². The summed E-state index contributed by atoms with van der Waals surface area (Å²) in [5.74, 6) is -0.173. The van der Waals surface area contributed by atoms with Gasteiger partial charge in [-0.2, -0.15) is 0 Å². The summed E-state index contributed by atoms with van der Waals surface area (Å²) in [7, 11) is 0. The van der Waals surface area contributed by atoms with Crippen LogP contribution < -0.4 is 5.32 Å². The molecule has 1 aromatic carbocycles. The summed E-state index contributed by atoms with van der Waals surface area (Å²) in [5, 5.41) is 4.01. The lowest BCUT2D eigenvalue weighted by molar-refractivity contribution is 0.137. The molecule has 0 aliphatic carbocycles. The Morgan fingerprint density at radius 2 is 2.17 bits per heavy atom. The Morgan fingerprint density at radius 3 is 2.89 bits per heavy atom. The Labute approximate surface area is 119 Å². The van der Waals surface area contributed by atoms with Crippen molar-refractivity contribution in [1.82, 2.24) is 10.2 Å². The van der Waals surface area contributed by atoms with E-state index in [0.29, 0.717) is 29.2 Å². The molecule has 1 aliphatic heterocycles. The van der Waals surface area contributed by atoms with Crippen LogP contribution in [0.3, 0.4) is 0 Å². The topological polar surface area (TPSA) is 15.3 Å². The number of hydrogen-bond acceptors (Lipinski definition) is 2. The van der Waals surface area contributed by atoms with Crippen molar-refractivity contribution < 1.29 is 4.39 Å². The van der Waals surface area contributed by atoms with Crippen molar-refractivity contribution in [3.63, 3.8) is 0 Å². The van der Waals surface area contributed by atoms with Crippen molar-refractivity contribution in [2.75, 3.05) is 13.1 Å². The molecule has 1 heterocycles. The van der Waals surface area contributed by atoms with E-state index in [1.807, 2.05) is 0 Å². The normalized spacial score (nSPS) is 24.7. The van der Waals surface area contributed by atoms with E-state index in [0.717, 1.165) is 13.1 Å². The third kappa shape index (κ3) is 3.82. The third-order valence-electron chi connectivity index (χ3n) is 3.27. The lowest BCUT2D eigenvalue weighted by Crippen LogP contribution is -2.53. The smallest absolute Gasteiger partial charge is 0.127 e. The van der Waals surface area contributed by atoms with Crippen LogP contribution in [0.1, 0.15) is 19.4 Å². The summed E-state index contributed by atoms with van der Waals surface area (Å²) in [5.41, 5.74) is 0.679. The van der Waals surface area contributed by atoms with Crippen LogP contribution in [0.25, 0.3) is 0 Å². The first-order valence-electron chi connectivity index (χ1n) is 5.97. The molecule has 1 N–H and O–H groups in total. The van der Waals surface area contributed by atoms with Gasteiger partial charge in [0, 0.05) is 42.3 Å². The van der Waals surface area contributed by atoms with Gasteiger partial charge in [-0.1, -0.05) is 11.6 Å². The Kier molecular flexibility index (Phi) is 5.86. The van der Waals surface area contributed by atoms with Crippen molar-refractivity contribution in [3.05, 3.63) is 34.6 Å². The second-order valence-electron chi connectivity index (χ2n) is 4.82. The molecule has 102 valence electrons. The average Bonchev–Trinajstić information content (AvgIpc) is 2.28. The van der Waals surface area contributed by atoms with Crippen molar-refractivity contribution in [1.29, 1.82) is 0 Å². The lowest BCUT2D eigenvalue weighted by Gasteiger charge is -2.37. The van der Waals surface area contributed by atoms with Crippen molar-refractivity contribution in [2.24, 2.45) is 0 Å². The first-order chi connectivity index (χ1) is 8.06. The molecule has 0 amide bonds. The number of hydrogen-bond donors (Lipinski definition) is 1. The molecule has 0 radical (unpaired) electrons. The minimum absolute atomic E-state index is 0. The first-order valence-corrected chi connectivity index (χ1v) is 6.35. The molecule has 18 heavy (non-hydrogen) atoms. The van der Waals surface area contributed by atoms with Crippen LogP contribution >= 0.6 is 24.0 Å². The monoisotopic (exact) mass is 292 g/mol. The number of nitrogens with zero attached hydrogens (tertiary/aromatic N) is 1. The summed E-state index contributed by atoms with van der Waals surface area (Å²) in [4.78, 5) is 2.29. The highest BCUT2D eigenvalue weighted by Crippen LogP contribution is 2.19. The van der Waals surface area contributed by atoms with Gasteiger partial charge in [0.1, 0.15) is 5.82 Å². The van der Waals surface area contributed by atoms with Crippen LogP contribution in [0.5, 0.6) is 0 Å². The molecule has 0 bridgehead atoms. The van der Waals surface area contributed by atoms with E-state index in [4.69, 9.17) is 11.6 Å². The zero-order valence-electron chi connectivity index (χ0n) is 10.6. The molecule has 2 unspecified atom stereocenters. The van der Waals surface area contributed by atoms with Crippen LogP contribution in [0.2, 0.25) is 5.02 Å². The molecule has 0 spiro atoms. The molecule has 1 aromatic rings. The number of nitrogens with one attached hydrogen (secondary N) is 1. The second-order valence-corrected chi connectivity index (χ2v) is 5.26. The van der Waals surface area contributed by atoms with E-state index in [2.05, 4.69) is 24.1 Å². The molecule has 0 aromatic heterocycles. The van der Waals surface area contributed by atoms with Gasteiger partial charge in [0.05, 0.1) is 0 Å². The van der Waals surface area contributed by atoms with Gasteiger partial charge < -0.3 is 5.32 Å². The van der Waals surface area contributed by atoms with Crippen molar-refractivity contribution in [3.8, 4) is 0 Å². The zero-order valence-corrected chi connectivity index (χ0v) is 12.2. The molecule has 1 aliphatic rings. The maximum absolute atomic E-state index is 13.6. The van der Waals surface area contributed by atoms with Crippen LogP contribution in [0, 0.1) is 5.82 Å². The van der Waals surface area contributed by atoms with Crippen LogP contribution in [-0.2, 0) is 6.54 Å². The van der Waals surface area contributed by atoms with Crippen LogP contribution in [-0.4, -0.2) is 30.1 Å². The Morgan fingerprint density at radius 1 is 1.44 bits per heavy atom. The Balaban J connectivity index is 0.00000162. The van der Waals surface area contributed by atoms with Gasteiger partial charge in [-0.05, 0) is 32.0 Å². The molecule has 2 atom stereocenters. The standard InChI is InChI=1S/C13H18ClFN2.ClH/c1-9-7-17(10(2)6-16-9)8-11-5-12(14)3-4-13(11)15;/h3-5,9-10,16H,6-8H2,1-2H3;1H. The summed E-state index contributed by atoms with van der Waals surface area (Å²) < 4.78 is 13.6. The van der Waals surface area contributed by atoms with E-state index < -0.39 is 0 Å². The fourth-order valence-electron chi connectivity index (χ4n) is 2.20. The predicted molar refractivity (Wildman–Crippen MR) is 76.0 cm³/mol. The zero-order chi connectivity index (χ0) is 12.4. The fraction of sp³-hybridized carbons (Fsp3) is 0.538. The molecule has 1 fully saturated rings. The second kappa shape index (κ2) is 6.71. The summed E-state index contributed by atoms with van der Waals surface area (Å²) >= 11 is 5.90. The number of halogens is 3. The Bertz CT molecular complexity index is 401. The fourth-order valence-corrected chi connectivity index (χ4v) is 2.40. The average molecular weight is 293 g/mol. The van der Waals surface area contributed by atoms with Crippen LogP contribution in [0.15, 0.2) is 18.2 Å². The Hall–Kier alpha value is -0.350. The predicted octanol–water partition coefficient (Wildman–Crippen LogP) is 3.08. The summed E-state index contributed by atoms with van der Waals surface area (Å²) in [6, 6.07) is 5.62. The first kappa shape index (κ1) is 15.7. The summed E-state index contributed by atoms with van der Waals surface area (Å²) in [6.45, 7) is 6.81. The highest BCUT2D eigenvalue weighted by Gasteiger charge is 2.23. The molecule has 2 nitrogen and oxygen atoms in total. The van der Waals surface area contributed by atoms with Gasteiger partial charge in [0.25, 0.3) is 0 Å². The molecular formula is C13H19Cl2FN2. The van der Waals surface area contributed by atoms with Crippen molar-refractivity contribution in [2.45, 2.75) is 32.5 Å². The maximum atomic E-state index is 13.6. The van der Waals surface area contributed by atoms with E-state index in [1.54, 1.807) is 12.1 Å². The van der Waals surface area contributed by atoms with Gasteiger partial charge >= 0.3 is 0 Å². The van der Waals surface area contributed by atoms with Gasteiger partial charge in [0.2, 0.25) is 0 Å². The SMILES string of the molecule is CC1CN(Cc2cc(Cl)ccc2F)C(C)CN1.Cl. The van der Waals surface area contributed by atoms with Gasteiger partial charge in [-0.3, -0.25) is 4.90 Å². The third-order valence-corrected chi connectivity index (χ3v) is 3.51. The number of piperazine rings is 1. The minimum atomic E-state index is -0.173. The van der Waals surface area contributed by atoms with E-state index >= 15 is 0 Å². The molecule has 5 heteroatoms. The van der Waals surface area contributed by atoms with Gasteiger partial charge in [0.15, 0.2) is 0 Å². The van der Waals surface area contributed by atoms with E-state index in [1.165, 1.54) is 6.07 Å². The molecule has 2 rings (SSSR count). The van der Waals surface area contributed by atoms with Gasteiger partial charge in [-0.25, -0.2) is 4.39 Å². The molecular weight excluding hydrogens is 274 g/mol. The minimum Gasteiger partial charge on any atom is -0.311 e. The largest absolute Gasteiger partial charge is 0.311 e. The summed E-state index contributed by atoms with van der Waals surface area (Å²) in [6.07, 6.45) is 0. The number of benzene rings is 1. The molecule has 0 saturated carbocycles. The van der Waals surface area contributed by atoms with Gasteiger partial charge in [-0.15, -0.1) is 12.4 Å². The molecule has 1 saturated heterocycles. The number of rotatable bonds is 2. The highest BCUT2D eigenvalue weighted by atomic mass is 35.5. The highest BCUT2D eigenvalue weighted by molar-refractivity contribution is 6.30. The maximum Gasteiger partial charge on any atom is 0.127 e. The van der Waals surface area contributed by atoms with Crippen LogP contribution in [0.4, 0.5) is 4.39 Å². The van der Waals surface area contributed by atoms with Crippen molar-refractivity contribution >= 4 is 24.0 Å². The van der Waals surface area contributed by atoms with E-state index in [9.17, 15) is 4.39 Å².